The van der Waals surface area contributed by atoms with E-state index in [2.05, 4.69) is 6.92 Å². The van der Waals surface area contributed by atoms with Crippen molar-refractivity contribution in [3.63, 3.8) is 0 Å². The van der Waals surface area contributed by atoms with Crippen molar-refractivity contribution >= 4 is 27.6 Å². The first kappa shape index (κ1) is 24.8. The molecule has 2 aromatic carbocycles. The van der Waals surface area contributed by atoms with Crippen LogP contribution in [0.15, 0.2) is 53.4 Å². The Bertz CT molecular complexity index is 1090. The molecule has 1 amide bonds. The van der Waals surface area contributed by atoms with E-state index in [0.717, 1.165) is 12.8 Å². The maximum absolute atomic E-state index is 13.4. The van der Waals surface area contributed by atoms with E-state index in [1.54, 1.807) is 56.0 Å². The minimum Gasteiger partial charge on any atom is -0.449 e. The van der Waals surface area contributed by atoms with E-state index in [9.17, 15) is 18.0 Å². The van der Waals surface area contributed by atoms with E-state index in [4.69, 9.17) is 4.74 Å². The summed E-state index contributed by atoms with van der Waals surface area (Å²) in [7, 11) is -3.91. The molecule has 1 saturated heterocycles. The van der Waals surface area contributed by atoms with Gasteiger partial charge in [-0.3, -0.25) is 9.10 Å². The molecule has 1 fully saturated rings. The Morgan fingerprint density at radius 3 is 2.36 bits per heavy atom. The van der Waals surface area contributed by atoms with Crippen LogP contribution in [0.2, 0.25) is 0 Å². The molecule has 0 N–H and O–H groups in total. The van der Waals surface area contributed by atoms with Crippen LogP contribution in [0, 0.1) is 12.8 Å². The summed E-state index contributed by atoms with van der Waals surface area (Å²) in [5.74, 6) is -0.365. The Morgan fingerprint density at radius 2 is 1.76 bits per heavy atom. The lowest BCUT2D eigenvalue weighted by molar-refractivity contribution is -0.141. The van der Waals surface area contributed by atoms with Gasteiger partial charge in [0.2, 0.25) is 0 Å². The number of aryl methyl sites for hydroxylation is 1. The second-order valence-corrected chi connectivity index (χ2v) is 10.4. The maximum atomic E-state index is 13.4. The Hall–Kier alpha value is -2.87. The second kappa shape index (κ2) is 10.4. The Morgan fingerprint density at radius 1 is 1.12 bits per heavy atom. The summed E-state index contributed by atoms with van der Waals surface area (Å²) in [4.78, 5) is 27.2. The minimum absolute atomic E-state index is 0.0339. The molecule has 0 aromatic heterocycles. The number of benzene rings is 2. The van der Waals surface area contributed by atoms with Crippen molar-refractivity contribution < 1.29 is 22.7 Å². The molecule has 1 atom stereocenters. The van der Waals surface area contributed by atoms with Crippen molar-refractivity contribution in [1.29, 1.82) is 0 Å². The zero-order valence-electron chi connectivity index (χ0n) is 19.7. The van der Waals surface area contributed by atoms with Crippen molar-refractivity contribution in [3.05, 3.63) is 59.7 Å². The summed E-state index contributed by atoms with van der Waals surface area (Å²) in [6.45, 7) is 8.70. The number of amides is 1. The van der Waals surface area contributed by atoms with Crippen molar-refractivity contribution in [2.45, 2.75) is 51.5 Å². The zero-order valence-corrected chi connectivity index (χ0v) is 20.5. The van der Waals surface area contributed by atoms with Gasteiger partial charge in [0.25, 0.3) is 15.9 Å². The molecule has 2 aromatic rings. The molecule has 8 heteroatoms. The van der Waals surface area contributed by atoms with Crippen molar-refractivity contribution in [2.24, 2.45) is 5.92 Å². The standard InChI is InChI=1S/C25H32N2O5S/c1-5-27(22-9-7-6-8-10-22)33(30,31)23-17-21(12-11-19(23)3)25(29)32-20(4)24(28)26-15-13-18(2)14-16-26/h6-12,17-18,20H,5,13-16H2,1-4H3. The van der Waals surface area contributed by atoms with E-state index in [-0.39, 0.29) is 22.9 Å². The molecule has 0 spiro atoms. The number of likely N-dealkylation sites (tertiary alicyclic amines) is 1. The molecular weight excluding hydrogens is 440 g/mol. The molecule has 1 unspecified atom stereocenters. The third kappa shape index (κ3) is 5.55. The first-order chi connectivity index (χ1) is 15.6. The highest BCUT2D eigenvalue weighted by atomic mass is 32.2. The summed E-state index contributed by atoms with van der Waals surface area (Å²) in [5, 5.41) is 0. The van der Waals surface area contributed by atoms with Gasteiger partial charge in [0.1, 0.15) is 0 Å². The lowest BCUT2D eigenvalue weighted by Crippen LogP contribution is -2.44. The number of carbonyl (C=O) groups excluding carboxylic acids is 2. The highest BCUT2D eigenvalue weighted by Crippen LogP contribution is 2.27. The van der Waals surface area contributed by atoms with Gasteiger partial charge in [-0.1, -0.05) is 31.2 Å². The minimum atomic E-state index is -3.91. The molecule has 0 radical (unpaired) electrons. The average molecular weight is 473 g/mol. The number of esters is 1. The van der Waals surface area contributed by atoms with Crippen LogP contribution in [0.5, 0.6) is 0 Å². The van der Waals surface area contributed by atoms with E-state index in [1.807, 2.05) is 6.07 Å². The summed E-state index contributed by atoms with van der Waals surface area (Å²) in [6, 6.07) is 13.3. The molecule has 1 aliphatic heterocycles. The number of para-hydroxylation sites is 1. The Kier molecular flexibility index (Phi) is 7.79. The SMILES string of the molecule is CCN(c1ccccc1)S(=O)(=O)c1cc(C(=O)OC(C)C(=O)N2CCC(C)CC2)ccc1C. The van der Waals surface area contributed by atoms with Gasteiger partial charge in [-0.2, -0.15) is 0 Å². The number of hydrogen-bond donors (Lipinski definition) is 0. The molecule has 1 aliphatic rings. The van der Waals surface area contributed by atoms with Crippen LogP contribution in [-0.2, 0) is 19.6 Å². The summed E-state index contributed by atoms with van der Waals surface area (Å²) in [5.41, 5.74) is 1.16. The second-order valence-electron chi connectivity index (χ2n) is 8.54. The predicted octanol–water partition coefficient (Wildman–Crippen LogP) is 4.01. The molecular formula is C25H32N2O5S. The van der Waals surface area contributed by atoms with Crippen molar-refractivity contribution in [2.75, 3.05) is 23.9 Å². The number of piperidine rings is 1. The molecule has 7 nitrogen and oxygen atoms in total. The highest BCUT2D eigenvalue weighted by Gasteiger charge is 2.29. The number of nitrogens with zero attached hydrogens (tertiary/aromatic N) is 2. The molecule has 0 aliphatic carbocycles. The first-order valence-electron chi connectivity index (χ1n) is 11.3. The van der Waals surface area contributed by atoms with Crippen LogP contribution < -0.4 is 4.31 Å². The largest absolute Gasteiger partial charge is 0.449 e. The lowest BCUT2D eigenvalue weighted by atomic mass is 9.99. The predicted molar refractivity (Wildman–Crippen MR) is 128 cm³/mol. The van der Waals surface area contributed by atoms with Gasteiger partial charge in [-0.25, -0.2) is 13.2 Å². The van der Waals surface area contributed by atoms with Gasteiger partial charge in [-0.15, -0.1) is 0 Å². The number of sulfonamides is 1. The number of hydrogen-bond acceptors (Lipinski definition) is 5. The molecule has 33 heavy (non-hydrogen) atoms. The third-order valence-corrected chi connectivity index (χ3v) is 8.10. The fourth-order valence-electron chi connectivity index (χ4n) is 3.97. The molecule has 1 heterocycles. The van der Waals surface area contributed by atoms with Gasteiger partial charge in [0, 0.05) is 19.6 Å². The highest BCUT2D eigenvalue weighted by molar-refractivity contribution is 7.92. The fraction of sp³-hybridized carbons (Fsp3) is 0.440. The molecule has 178 valence electrons. The topological polar surface area (TPSA) is 84.0 Å². The fourth-order valence-corrected chi connectivity index (χ4v) is 5.70. The van der Waals surface area contributed by atoms with Crippen LogP contribution in [0.1, 0.15) is 49.5 Å². The van der Waals surface area contributed by atoms with E-state index in [1.165, 1.54) is 16.4 Å². The van der Waals surface area contributed by atoms with Crippen LogP contribution in [0.25, 0.3) is 0 Å². The maximum Gasteiger partial charge on any atom is 0.338 e. The van der Waals surface area contributed by atoms with Gasteiger partial charge < -0.3 is 9.64 Å². The van der Waals surface area contributed by atoms with E-state index >= 15 is 0 Å². The van der Waals surface area contributed by atoms with E-state index in [0.29, 0.717) is 30.3 Å². The van der Waals surface area contributed by atoms with Gasteiger partial charge in [-0.05, 0) is 69.4 Å². The zero-order chi connectivity index (χ0) is 24.2. The molecule has 0 saturated carbocycles. The van der Waals surface area contributed by atoms with Crippen molar-refractivity contribution in [3.8, 4) is 0 Å². The smallest absolute Gasteiger partial charge is 0.338 e. The van der Waals surface area contributed by atoms with Crippen LogP contribution >= 0.6 is 0 Å². The van der Waals surface area contributed by atoms with Crippen molar-refractivity contribution in [1.82, 2.24) is 4.90 Å². The van der Waals surface area contributed by atoms with Gasteiger partial charge >= 0.3 is 5.97 Å². The average Bonchev–Trinajstić information content (AvgIpc) is 2.80. The summed E-state index contributed by atoms with van der Waals surface area (Å²) < 4.78 is 33.6. The van der Waals surface area contributed by atoms with Gasteiger partial charge in [0.05, 0.1) is 16.1 Å². The van der Waals surface area contributed by atoms with E-state index < -0.39 is 22.1 Å². The van der Waals surface area contributed by atoms with Gasteiger partial charge in [0.15, 0.2) is 6.10 Å². The Labute approximate surface area is 196 Å². The third-order valence-electron chi connectivity index (χ3n) is 6.05. The Balaban J connectivity index is 1.80. The molecule has 0 bridgehead atoms. The quantitative estimate of drug-likeness (QED) is 0.569. The monoisotopic (exact) mass is 472 g/mol. The number of ether oxygens (including phenoxy) is 1. The number of anilines is 1. The molecule has 3 rings (SSSR count). The van der Waals surface area contributed by atoms with Crippen LogP contribution in [-0.4, -0.2) is 50.9 Å². The van der Waals surface area contributed by atoms with Crippen LogP contribution in [0.4, 0.5) is 5.69 Å². The number of rotatable bonds is 7. The summed E-state index contributed by atoms with van der Waals surface area (Å²) >= 11 is 0. The number of carbonyl (C=O) groups is 2. The summed E-state index contributed by atoms with van der Waals surface area (Å²) in [6.07, 6.45) is 0.922. The normalized spacial score (nSPS) is 15.7. The first-order valence-corrected chi connectivity index (χ1v) is 12.8. The lowest BCUT2D eigenvalue weighted by Gasteiger charge is -2.31. The van der Waals surface area contributed by atoms with Crippen LogP contribution in [0.3, 0.4) is 0 Å².